The van der Waals surface area contributed by atoms with Crippen LogP contribution in [0.5, 0.6) is 11.5 Å². The van der Waals surface area contributed by atoms with E-state index in [0.29, 0.717) is 18.0 Å². The van der Waals surface area contributed by atoms with Crippen LogP contribution in [0.3, 0.4) is 0 Å². The van der Waals surface area contributed by atoms with Crippen molar-refractivity contribution in [2.45, 2.75) is 13.3 Å². The number of methoxy groups -OCH3 is 2. The average molecular weight is 471 g/mol. The first-order valence-electron chi connectivity index (χ1n) is 10.7. The predicted molar refractivity (Wildman–Crippen MR) is 132 cm³/mol. The van der Waals surface area contributed by atoms with Gasteiger partial charge in [-0.05, 0) is 40.8 Å². The van der Waals surface area contributed by atoms with E-state index in [-0.39, 0.29) is 24.1 Å². The van der Waals surface area contributed by atoms with E-state index in [1.54, 1.807) is 18.2 Å². The second-order valence-electron chi connectivity index (χ2n) is 8.06. The Kier molecular flexibility index (Phi) is 7.81. The Labute approximate surface area is 195 Å². The molecule has 1 unspecified atom stereocenters. The molecule has 7 nitrogen and oxygen atoms in total. The molecule has 0 saturated carbocycles. The van der Waals surface area contributed by atoms with Crippen molar-refractivity contribution in [3.8, 4) is 11.5 Å². The number of ether oxygens (including phenoxy) is 2. The monoisotopic (exact) mass is 470 g/mol. The van der Waals surface area contributed by atoms with E-state index < -0.39 is 10.0 Å². The topological polar surface area (TPSA) is 84.9 Å². The van der Waals surface area contributed by atoms with Gasteiger partial charge in [-0.1, -0.05) is 49.4 Å². The van der Waals surface area contributed by atoms with Gasteiger partial charge in [0.2, 0.25) is 15.9 Å². The number of anilines is 1. The van der Waals surface area contributed by atoms with Crippen molar-refractivity contribution in [2.24, 2.45) is 5.92 Å². The van der Waals surface area contributed by atoms with E-state index in [2.05, 4.69) is 36.5 Å². The fourth-order valence-electron chi connectivity index (χ4n) is 3.76. The van der Waals surface area contributed by atoms with Crippen molar-refractivity contribution in [2.75, 3.05) is 37.9 Å². The highest BCUT2D eigenvalue weighted by Gasteiger charge is 2.24. The molecule has 33 heavy (non-hydrogen) atoms. The first kappa shape index (κ1) is 24.4. The van der Waals surface area contributed by atoms with Gasteiger partial charge in [-0.15, -0.1) is 0 Å². The Morgan fingerprint density at radius 1 is 1.03 bits per heavy atom. The number of nitrogens with one attached hydrogen (secondary N) is 1. The number of amides is 1. The Morgan fingerprint density at radius 2 is 1.76 bits per heavy atom. The summed E-state index contributed by atoms with van der Waals surface area (Å²) in [4.78, 5) is 12.7. The minimum absolute atomic E-state index is 0.168. The van der Waals surface area contributed by atoms with Crippen molar-refractivity contribution in [1.82, 2.24) is 5.32 Å². The van der Waals surface area contributed by atoms with Gasteiger partial charge in [0, 0.05) is 12.6 Å². The molecular weight excluding hydrogens is 440 g/mol. The van der Waals surface area contributed by atoms with Crippen LogP contribution in [0.15, 0.2) is 60.7 Å². The fraction of sp³-hybridized carbons (Fsp3) is 0.320. The minimum atomic E-state index is -3.72. The zero-order valence-corrected chi connectivity index (χ0v) is 20.2. The van der Waals surface area contributed by atoms with Crippen LogP contribution in [0.4, 0.5) is 5.69 Å². The summed E-state index contributed by atoms with van der Waals surface area (Å²) in [6, 6.07) is 19.2. The van der Waals surface area contributed by atoms with Gasteiger partial charge >= 0.3 is 0 Å². The third-order valence-electron chi connectivity index (χ3n) is 5.44. The molecule has 3 aromatic carbocycles. The van der Waals surface area contributed by atoms with Crippen LogP contribution in [0.2, 0.25) is 0 Å². The lowest BCUT2D eigenvalue weighted by Gasteiger charge is -2.24. The summed E-state index contributed by atoms with van der Waals surface area (Å²) in [6.45, 7) is 2.14. The molecule has 0 radical (unpaired) electrons. The molecule has 0 heterocycles. The maximum Gasteiger partial charge on any atom is 0.240 e. The Balaban J connectivity index is 1.67. The van der Waals surface area contributed by atoms with Gasteiger partial charge in [0.25, 0.3) is 0 Å². The van der Waals surface area contributed by atoms with E-state index in [1.165, 1.54) is 30.6 Å². The van der Waals surface area contributed by atoms with Crippen LogP contribution >= 0.6 is 0 Å². The SMILES string of the molecule is COc1ccc(N(CC(=O)NCC(C)Cc2cccc3ccccc23)S(C)(=O)=O)c(OC)c1. The van der Waals surface area contributed by atoms with Crippen LogP contribution in [0.1, 0.15) is 12.5 Å². The van der Waals surface area contributed by atoms with Crippen molar-refractivity contribution in [1.29, 1.82) is 0 Å². The lowest BCUT2D eigenvalue weighted by atomic mass is 9.96. The van der Waals surface area contributed by atoms with Crippen molar-refractivity contribution in [3.05, 3.63) is 66.2 Å². The zero-order valence-electron chi connectivity index (χ0n) is 19.4. The summed E-state index contributed by atoms with van der Waals surface area (Å²) in [5, 5.41) is 5.26. The summed E-state index contributed by atoms with van der Waals surface area (Å²) in [5.74, 6) is 0.609. The molecule has 0 aromatic heterocycles. The van der Waals surface area contributed by atoms with Gasteiger partial charge in [0.15, 0.2) is 0 Å². The van der Waals surface area contributed by atoms with Crippen molar-refractivity contribution in [3.63, 3.8) is 0 Å². The summed E-state index contributed by atoms with van der Waals surface area (Å²) >= 11 is 0. The van der Waals surface area contributed by atoms with Crippen molar-refractivity contribution < 1.29 is 22.7 Å². The summed E-state index contributed by atoms with van der Waals surface area (Å²) < 4.78 is 36.4. The third-order valence-corrected chi connectivity index (χ3v) is 6.57. The van der Waals surface area contributed by atoms with Crippen molar-refractivity contribution >= 4 is 32.4 Å². The molecule has 8 heteroatoms. The molecule has 0 aliphatic carbocycles. The fourth-order valence-corrected chi connectivity index (χ4v) is 4.62. The molecular formula is C25H30N2O5S. The van der Waals surface area contributed by atoms with Crippen LogP contribution in [0.25, 0.3) is 10.8 Å². The van der Waals surface area contributed by atoms with E-state index in [0.717, 1.165) is 17.0 Å². The lowest BCUT2D eigenvalue weighted by molar-refractivity contribution is -0.119. The van der Waals surface area contributed by atoms with Gasteiger partial charge in [-0.25, -0.2) is 8.42 Å². The maximum absolute atomic E-state index is 12.7. The molecule has 0 spiro atoms. The summed E-state index contributed by atoms with van der Waals surface area (Å²) in [7, 11) is -0.777. The minimum Gasteiger partial charge on any atom is -0.497 e. The lowest BCUT2D eigenvalue weighted by Crippen LogP contribution is -2.41. The molecule has 1 amide bonds. The van der Waals surface area contributed by atoms with E-state index in [1.807, 2.05) is 18.2 Å². The Bertz CT molecular complexity index is 1220. The Morgan fingerprint density at radius 3 is 2.45 bits per heavy atom. The van der Waals surface area contributed by atoms with E-state index in [9.17, 15) is 13.2 Å². The highest BCUT2D eigenvalue weighted by molar-refractivity contribution is 7.92. The molecule has 0 bridgehead atoms. The highest BCUT2D eigenvalue weighted by Crippen LogP contribution is 2.33. The normalized spacial score (nSPS) is 12.2. The van der Waals surface area contributed by atoms with E-state index >= 15 is 0 Å². The molecule has 1 N–H and O–H groups in total. The standard InChI is InChI=1S/C25H30N2O5S/c1-18(14-20-10-7-9-19-8-5-6-11-22(19)20)16-26-25(28)17-27(33(4,29)30)23-13-12-21(31-2)15-24(23)32-3/h5-13,15,18H,14,16-17H2,1-4H3,(H,26,28). The van der Waals surface area contributed by atoms with Gasteiger partial charge in [-0.2, -0.15) is 0 Å². The Hall–Kier alpha value is -3.26. The number of rotatable bonds is 10. The predicted octanol–water partition coefficient (Wildman–Crippen LogP) is 3.62. The molecule has 0 aliphatic rings. The third kappa shape index (κ3) is 6.16. The first-order chi connectivity index (χ1) is 15.7. The molecule has 0 saturated heterocycles. The second kappa shape index (κ2) is 10.6. The number of benzene rings is 3. The summed E-state index contributed by atoms with van der Waals surface area (Å²) in [5.41, 5.74) is 1.50. The van der Waals surface area contributed by atoms with Gasteiger partial charge in [0.05, 0.1) is 26.2 Å². The quantitative estimate of drug-likeness (QED) is 0.489. The molecule has 3 aromatic rings. The molecule has 0 fully saturated rings. The molecule has 3 rings (SSSR count). The molecule has 0 aliphatic heterocycles. The number of nitrogens with zero attached hydrogens (tertiary/aromatic N) is 1. The number of hydrogen-bond donors (Lipinski definition) is 1. The number of sulfonamides is 1. The largest absolute Gasteiger partial charge is 0.497 e. The maximum atomic E-state index is 12.7. The number of carbonyl (C=O) groups excluding carboxylic acids is 1. The zero-order chi connectivity index (χ0) is 24.0. The smallest absolute Gasteiger partial charge is 0.240 e. The molecule has 176 valence electrons. The highest BCUT2D eigenvalue weighted by atomic mass is 32.2. The second-order valence-corrected chi connectivity index (χ2v) is 9.97. The number of hydrogen-bond acceptors (Lipinski definition) is 5. The first-order valence-corrected chi connectivity index (χ1v) is 12.5. The summed E-state index contributed by atoms with van der Waals surface area (Å²) in [6.07, 6.45) is 1.86. The van der Waals surface area contributed by atoms with Crippen LogP contribution < -0.4 is 19.1 Å². The van der Waals surface area contributed by atoms with Gasteiger partial charge in [-0.3, -0.25) is 9.10 Å². The molecule has 1 atom stereocenters. The van der Waals surface area contributed by atoms with Crippen LogP contribution in [0, 0.1) is 5.92 Å². The average Bonchev–Trinajstić information content (AvgIpc) is 2.80. The van der Waals surface area contributed by atoms with Gasteiger partial charge < -0.3 is 14.8 Å². The van der Waals surface area contributed by atoms with E-state index in [4.69, 9.17) is 9.47 Å². The number of carbonyl (C=O) groups is 1. The number of fused-ring (bicyclic) bond motifs is 1. The van der Waals surface area contributed by atoms with Crippen LogP contribution in [-0.4, -0.2) is 47.9 Å². The van der Waals surface area contributed by atoms with Gasteiger partial charge in [0.1, 0.15) is 18.0 Å². The van der Waals surface area contributed by atoms with Crippen LogP contribution in [-0.2, 0) is 21.2 Å².